The van der Waals surface area contributed by atoms with Gasteiger partial charge < -0.3 is 4.57 Å². The van der Waals surface area contributed by atoms with Gasteiger partial charge in [0.15, 0.2) is 5.65 Å². The number of fused-ring (bicyclic) bond motifs is 1. The molecule has 0 saturated heterocycles. The molecule has 0 radical (unpaired) electrons. The van der Waals surface area contributed by atoms with Crippen molar-refractivity contribution in [2.24, 2.45) is 7.05 Å². The Morgan fingerprint density at radius 3 is 3.08 bits per heavy atom. The van der Waals surface area contributed by atoms with Gasteiger partial charge in [-0.15, -0.1) is 0 Å². The number of nitrogens with zero attached hydrogens (tertiary/aromatic N) is 4. The molecule has 2 aromatic heterocycles. The van der Waals surface area contributed by atoms with Crippen LogP contribution in [0.25, 0.3) is 5.65 Å². The van der Waals surface area contributed by atoms with Crippen molar-refractivity contribution >= 4 is 21.6 Å². The van der Waals surface area contributed by atoms with E-state index >= 15 is 0 Å². The molecule has 0 atom stereocenters. The Balaban J connectivity index is 2.95. The van der Waals surface area contributed by atoms with E-state index in [0.29, 0.717) is 5.56 Å². The molecule has 0 saturated carbocycles. The first kappa shape index (κ1) is 7.37. The number of halogens is 1. The van der Waals surface area contributed by atoms with Crippen LogP contribution in [-0.2, 0) is 7.05 Å². The Bertz CT molecular complexity index is 473. The molecule has 0 amide bonds. The van der Waals surface area contributed by atoms with Gasteiger partial charge in [0.2, 0.25) is 0 Å². The summed E-state index contributed by atoms with van der Waals surface area (Å²) in [7, 11) is 1.88. The highest BCUT2D eigenvalue weighted by atomic mass is 79.9. The zero-order chi connectivity index (χ0) is 8.72. The van der Waals surface area contributed by atoms with E-state index in [1.54, 1.807) is 10.7 Å². The van der Waals surface area contributed by atoms with Gasteiger partial charge in [-0.2, -0.15) is 10.4 Å². The normalized spacial score (nSPS) is 10.4. The van der Waals surface area contributed by atoms with Gasteiger partial charge in [0.25, 0.3) is 0 Å². The summed E-state index contributed by atoms with van der Waals surface area (Å²) in [5.74, 6) is 0. The van der Waals surface area contributed by atoms with E-state index < -0.39 is 0 Å². The van der Waals surface area contributed by atoms with Crippen molar-refractivity contribution in [2.45, 2.75) is 0 Å². The topological polar surface area (TPSA) is 46.0 Å². The van der Waals surface area contributed by atoms with Gasteiger partial charge in [0, 0.05) is 13.2 Å². The van der Waals surface area contributed by atoms with E-state index in [1.807, 2.05) is 17.8 Å². The standard InChI is InChI=1S/C7H5BrN4/c1-11-4-6(8)12-7(11)5(2-9)3-10-12/h3-4H,1H3. The fourth-order valence-electron chi connectivity index (χ4n) is 1.19. The molecular weight excluding hydrogens is 220 g/mol. The summed E-state index contributed by atoms with van der Waals surface area (Å²) in [6, 6.07) is 2.08. The number of aromatic nitrogens is 3. The van der Waals surface area contributed by atoms with Crippen LogP contribution in [0.1, 0.15) is 5.56 Å². The fraction of sp³-hybridized carbons (Fsp3) is 0.143. The lowest BCUT2D eigenvalue weighted by molar-refractivity contribution is 0.922. The molecule has 0 aromatic carbocycles. The maximum Gasteiger partial charge on any atom is 0.154 e. The Kier molecular flexibility index (Phi) is 1.45. The third kappa shape index (κ3) is 0.786. The van der Waals surface area contributed by atoms with Gasteiger partial charge >= 0.3 is 0 Å². The van der Waals surface area contributed by atoms with Crippen LogP contribution in [-0.4, -0.2) is 14.2 Å². The minimum atomic E-state index is 0.586. The maximum absolute atomic E-state index is 8.73. The van der Waals surface area contributed by atoms with E-state index in [2.05, 4.69) is 27.1 Å². The molecule has 0 aliphatic heterocycles. The van der Waals surface area contributed by atoms with Crippen LogP contribution < -0.4 is 0 Å². The van der Waals surface area contributed by atoms with Gasteiger partial charge in [0.1, 0.15) is 16.2 Å². The monoisotopic (exact) mass is 224 g/mol. The van der Waals surface area contributed by atoms with Crippen LogP contribution >= 0.6 is 15.9 Å². The quantitative estimate of drug-likeness (QED) is 0.678. The molecule has 0 aliphatic rings. The SMILES string of the molecule is Cn1cc(Br)n2ncc(C#N)c12. The smallest absolute Gasteiger partial charge is 0.154 e. The zero-order valence-electron chi connectivity index (χ0n) is 6.32. The summed E-state index contributed by atoms with van der Waals surface area (Å²) in [5.41, 5.74) is 1.40. The van der Waals surface area contributed by atoms with E-state index in [9.17, 15) is 0 Å². The Labute approximate surface area is 77.1 Å². The van der Waals surface area contributed by atoms with E-state index in [-0.39, 0.29) is 0 Å². The molecule has 12 heavy (non-hydrogen) atoms. The highest BCUT2D eigenvalue weighted by molar-refractivity contribution is 9.10. The summed E-state index contributed by atoms with van der Waals surface area (Å²) in [6.07, 6.45) is 3.42. The summed E-state index contributed by atoms with van der Waals surface area (Å²) >= 11 is 3.33. The largest absolute Gasteiger partial charge is 0.332 e. The van der Waals surface area contributed by atoms with Crippen molar-refractivity contribution in [1.29, 1.82) is 5.26 Å². The number of hydrogen-bond donors (Lipinski definition) is 0. The molecule has 0 unspecified atom stereocenters. The second kappa shape index (κ2) is 2.35. The zero-order valence-corrected chi connectivity index (χ0v) is 7.91. The lowest BCUT2D eigenvalue weighted by Crippen LogP contribution is -1.87. The lowest BCUT2D eigenvalue weighted by Gasteiger charge is -1.88. The molecule has 60 valence electrons. The van der Waals surface area contributed by atoms with E-state index in [0.717, 1.165) is 10.3 Å². The van der Waals surface area contributed by atoms with Crippen LogP contribution in [0, 0.1) is 11.3 Å². The van der Waals surface area contributed by atoms with E-state index in [4.69, 9.17) is 5.26 Å². The highest BCUT2D eigenvalue weighted by Crippen LogP contribution is 2.17. The third-order valence-electron chi connectivity index (χ3n) is 1.70. The summed E-state index contributed by atoms with van der Waals surface area (Å²) in [5, 5.41) is 12.8. The van der Waals surface area contributed by atoms with Gasteiger partial charge in [-0.05, 0) is 15.9 Å². The molecular formula is C7H5BrN4. The van der Waals surface area contributed by atoms with Gasteiger partial charge in [-0.1, -0.05) is 0 Å². The van der Waals surface area contributed by atoms with Crippen LogP contribution in [0.5, 0.6) is 0 Å². The van der Waals surface area contributed by atoms with Gasteiger partial charge in [-0.3, -0.25) is 0 Å². The fourth-order valence-corrected chi connectivity index (χ4v) is 1.76. The van der Waals surface area contributed by atoms with Crippen LogP contribution in [0.3, 0.4) is 0 Å². The first-order chi connectivity index (χ1) is 5.74. The number of aryl methyl sites for hydroxylation is 1. The first-order valence-corrected chi connectivity index (χ1v) is 4.12. The van der Waals surface area contributed by atoms with Crippen molar-refractivity contribution in [3.8, 4) is 6.07 Å². The summed E-state index contributed by atoms with van der Waals surface area (Å²) in [4.78, 5) is 0. The molecule has 0 aliphatic carbocycles. The number of rotatable bonds is 0. The van der Waals surface area contributed by atoms with Crippen molar-refractivity contribution in [2.75, 3.05) is 0 Å². The molecule has 0 bridgehead atoms. The van der Waals surface area contributed by atoms with Crippen molar-refractivity contribution < 1.29 is 0 Å². The first-order valence-electron chi connectivity index (χ1n) is 3.32. The van der Waals surface area contributed by atoms with Gasteiger partial charge in [0.05, 0.1) is 6.20 Å². The Morgan fingerprint density at radius 1 is 1.67 bits per heavy atom. The van der Waals surface area contributed by atoms with E-state index in [1.165, 1.54) is 0 Å². The molecule has 0 N–H and O–H groups in total. The molecule has 0 spiro atoms. The van der Waals surface area contributed by atoms with Crippen molar-refractivity contribution in [3.63, 3.8) is 0 Å². The molecule has 5 heteroatoms. The highest BCUT2D eigenvalue weighted by Gasteiger charge is 2.09. The average molecular weight is 225 g/mol. The van der Waals surface area contributed by atoms with Crippen molar-refractivity contribution in [1.82, 2.24) is 14.2 Å². The molecule has 2 rings (SSSR count). The van der Waals surface area contributed by atoms with Crippen LogP contribution in [0.4, 0.5) is 0 Å². The second-order valence-electron chi connectivity index (χ2n) is 2.47. The molecule has 0 fully saturated rings. The number of imidazole rings is 1. The minimum absolute atomic E-state index is 0.586. The summed E-state index contributed by atoms with van der Waals surface area (Å²) < 4.78 is 4.38. The van der Waals surface area contributed by atoms with Crippen LogP contribution in [0.2, 0.25) is 0 Å². The predicted molar refractivity (Wildman–Crippen MR) is 46.6 cm³/mol. The lowest BCUT2D eigenvalue weighted by atomic mass is 10.4. The van der Waals surface area contributed by atoms with Crippen molar-refractivity contribution in [3.05, 3.63) is 22.6 Å². The molecule has 2 aromatic rings. The second-order valence-corrected chi connectivity index (χ2v) is 3.28. The maximum atomic E-state index is 8.73. The average Bonchev–Trinajstić information content (AvgIpc) is 2.55. The predicted octanol–water partition coefficient (Wildman–Crippen LogP) is 1.31. The van der Waals surface area contributed by atoms with Gasteiger partial charge in [-0.25, -0.2) is 4.52 Å². The Hall–Kier alpha value is -1.28. The Morgan fingerprint density at radius 2 is 2.42 bits per heavy atom. The van der Waals surface area contributed by atoms with Crippen LogP contribution in [0.15, 0.2) is 17.0 Å². The summed E-state index contributed by atoms with van der Waals surface area (Å²) in [6.45, 7) is 0. The molecule has 4 nitrogen and oxygen atoms in total. The number of hydrogen-bond acceptors (Lipinski definition) is 2. The minimum Gasteiger partial charge on any atom is -0.332 e. The molecule has 2 heterocycles. The third-order valence-corrected chi connectivity index (χ3v) is 2.24. The number of nitriles is 1.